The lowest BCUT2D eigenvalue weighted by Gasteiger charge is -2.22. The maximum absolute atomic E-state index is 5.57. The summed E-state index contributed by atoms with van der Waals surface area (Å²) in [6, 6.07) is 4.46. The number of hydrogen-bond donors (Lipinski definition) is 1. The molecule has 0 aliphatic rings. The molecule has 0 spiro atoms. The fourth-order valence-electron chi connectivity index (χ4n) is 2.10. The second kappa shape index (κ2) is 7.39. The first-order valence-corrected chi connectivity index (χ1v) is 6.52. The van der Waals surface area contributed by atoms with Crippen molar-refractivity contribution in [2.24, 2.45) is 0 Å². The monoisotopic (exact) mass is 251 g/mol. The van der Waals surface area contributed by atoms with E-state index < -0.39 is 0 Å². The van der Waals surface area contributed by atoms with Gasteiger partial charge in [-0.15, -0.1) is 0 Å². The number of nitrogens with one attached hydrogen (secondary N) is 1. The van der Waals surface area contributed by atoms with Gasteiger partial charge in [0.15, 0.2) is 0 Å². The predicted octanol–water partition coefficient (Wildman–Crippen LogP) is 3.00. The van der Waals surface area contributed by atoms with Crippen LogP contribution in [-0.4, -0.2) is 27.4 Å². The van der Waals surface area contributed by atoms with Gasteiger partial charge in [0, 0.05) is 12.7 Å². The van der Waals surface area contributed by atoms with Crippen LogP contribution in [0.1, 0.15) is 36.1 Å². The average molecular weight is 251 g/mol. The summed E-state index contributed by atoms with van der Waals surface area (Å²) in [6.45, 7) is 7.99. The highest BCUT2D eigenvalue weighted by atomic mass is 16.5. The number of ether oxygens (including phenoxy) is 2. The maximum atomic E-state index is 5.57. The molecule has 1 N–H and O–H groups in total. The molecule has 0 heterocycles. The molecule has 3 heteroatoms. The van der Waals surface area contributed by atoms with Crippen LogP contribution < -0.4 is 10.1 Å². The topological polar surface area (TPSA) is 30.5 Å². The van der Waals surface area contributed by atoms with Crippen molar-refractivity contribution in [2.45, 2.75) is 33.2 Å². The Hall–Kier alpha value is -1.06. The van der Waals surface area contributed by atoms with Gasteiger partial charge in [0.1, 0.15) is 5.75 Å². The molecule has 0 aliphatic heterocycles. The maximum Gasteiger partial charge on any atom is 0.126 e. The number of methoxy groups -OCH3 is 2. The van der Waals surface area contributed by atoms with Crippen LogP contribution in [0.4, 0.5) is 0 Å². The van der Waals surface area contributed by atoms with Crippen molar-refractivity contribution in [1.29, 1.82) is 0 Å². The molecular weight excluding hydrogens is 226 g/mol. The third kappa shape index (κ3) is 3.47. The van der Waals surface area contributed by atoms with Crippen molar-refractivity contribution in [1.82, 2.24) is 5.32 Å². The van der Waals surface area contributed by atoms with E-state index in [0.29, 0.717) is 6.61 Å². The van der Waals surface area contributed by atoms with Crippen molar-refractivity contribution in [2.75, 3.05) is 27.4 Å². The van der Waals surface area contributed by atoms with E-state index in [0.717, 1.165) is 18.7 Å². The minimum absolute atomic E-state index is 0.184. The Morgan fingerprint density at radius 1 is 1.22 bits per heavy atom. The van der Waals surface area contributed by atoms with Gasteiger partial charge < -0.3 is 14.8 Å². The fourth-order valence-corrected chi connectivity index (χ4v) is 2.10. The third-order valence-electron chi connectivity index (χ3n) is 3.26. The number of hydrogen-bond acceptors (Lipinski definition) is 3. The van der Waals surface area contributed by atoms with Crippen LogP contribution in [0.2, 0.25) is 0 Å². The SMILES string of the molecule is CCCNC(COC)c1ccc(C)c(C)c1OC. The Morgan fingerprint density at radius 2 is 1.94 bits per heavy atom. The largest absolute Gasteiger partial charge is 0.496 e. The second-order valence-corrected chi connectivity index (χ2v) is 4.59. The van der Waals surface area contributed by atoms with E-state index in [1.54, 1.807) is 14.2 Å². The number of rotatable bonds is 7. The first-order valence-electron chi connectivity index (χ1n) is 6.52. The Bertz CT molecular complexity index is 377. The van der Waals surface area contributed by atoms with Gasteiger partial charge in [-0.05, 0) is 37.9 Å². The minimum atomic E-state index is 0.184. The van der Waals surface area contributed by atoms with Gasteiger partial charge in [0.05, 0.1) is 19.8 Å². The average Bonchev–Trinajstić information content (AvgIpc) is 2.37. The van der Waals surface area contributed by atoms with Crippen LogP contribution in [0.5, 0.6) is 5.75 Å². The zero-order valence-electron chi connectivity index (χ0n) is 12.2. The summed E-state index contributed by atoms with van der Waals surface area (Å²) in [5, 5.41) is 3.50. The summed E-state index contributed by atoms with van der Waals surface area (Å²) >= 11 is 0. The van der Waals surface area contributed by atoms with Gasteiger partial charge in [-0.2, -0.15) is 0 Å². The zero-order chi connectivity index (χ0) is 13.5. The standard InChI is InChI=1S/C15H25NO2/c1-6-9-16-14(10-17-4)13-8-7-11(2)12(3)15(13)18-5/h7-8,14,16H,6,9-10H2,1-5H3. The van der Waals surface area contributed by atoms with Gasteiger partial charge in [0.2, 0.25) is 0 Å². The van der Waals surface area contributed by atoms with E-state index in [9.17, 15) is 0 Å². The molecule has 0 saturated carbocycles. The van der Waals surface area contributed by atoms with Gasteiger partial charge in [-0.1, -0.05) is 19.1 Å². The molecule has 0 aliphatic carbocycles. The molecule has 0 radical (unpaired) electrons. The summed E-state index contributed by atoms with van der Waals surface area (Å²) in [5.41, 5.74) is 3.63. The highest BCUT2D eigenvalue weighted by Gasteiger charge is 2.17. The molecule has 0 fully saturated rings. The van der Waals surface area contributed by atoms with E-state index in [1.807, 2.05) is 0 Å². The van der Waals surface area contributed by atoms with Gasteiger partial charge in [-0.25, -0.2) is 0 Å². The van der Waals surface area contributed by atoms with Crippen molar-refractivity contribution >= 4 is 0 Å². The van der Waals surface area contributed by atoms with Crippen LogP contribution in [0, 0.1) is 13.8 Å². The molecule has 1 rings (SSSR count). The summed E-state index contributed by atoms with van der Waals surface area (Å²) < 4.78 is 10.9. The lowest BCUT2D eigenvalue weighted by Crippen LogP contribution is -2.26. The molecule has 0 bridgehead atoms. The molecule has 0 aromatic heterocycles. The smallest absolute Gasteiger partial charge is 0.126 e. The Labute approximate surface area is 110 Å². The van der Waals surface area contributed by atoms with Crippen LogP contribution in [0.25, 0.3) is 0 Å². The molecule has 18 heavy (non-hydrogen) atoms. The molecule has 1 unspecified atom stereocenters. The van der Waals surface area contributed by atoms with E-state index in [-0.39, 0.29) is 6.04 Å². The lowest BCUT2D eigenvalue weighted by molar-refractivity contribution is 0.165. The molecule has 0 amide bonds. The first-order chi connectivity index (χ1) is 8.65. The van der Waals surface area contributed by atoms with Crippen molar-refractivity contribution in [3.8, 4) is 5.75 Å². The van der Waals surface area contributed by atoms with Crippen LogP contribution in [0.15, 0.2) is 12.1 Å². The highest BCUT2D eigenvalue weighted by Crippen LogP contribution is 2.31. The molecule has 1 aromatic carbocycles. The van der Waals surface area contributed by atoms with E-state index in [2.05, 4.69) is 38.2 Å². The van der Waals surface area contributed by atoms with Crippen LogP contribution >= 0.6 is 0 Å². The molecule has 1 atom stereocenters. The summed E-state index contributed by atoms with van der Waals surface area (Å²) in [4.78, 5) is 0. The Kier molecular flexibility index (Phi) is 6.16. The number of benzene rings is 1. The molecular formula is C15H25NO2. The van der Waals surface area contributed by atoms with Crippen molar-refractivity contribution in [3.63, 3.8) is 0 Å². The van der Waals surface area contributed by atoms with Gasteiger partial charge in [0.25, 0.3) is 0 Å². The second-order valence-electron chi connectivity index (χ2n) is 4.59. The Morgan fingerprint density at radius 3 is 2.50 bits per heavy atom. The molecule has 3 nitrogen and oxygen atoms in total. The normalized spacial score (nSPS) is 12.5. The quantitative estimate of drug-likeness (QED) is 0.808. The van der Waals surface area contributed by atoms with E-state index >= 15 is 0 Å². The predicted molar refractivity (Wildman–Crippen MR) is 75.4 cm³/mol. The van der Waals surface area contributed by atoms with Gasteiger partial charge in [-0.3, -0.25) is 0 Å². The minimum Gasteiger partial charge on any atom is -0.496 e. The van der Waals surface area contributed by atoms with E-state index in [4.69, 9.17) is 9.47 Å². The first kappa shape index (κ1) is 15.0. The van der Waals surface area contributed by atoms with Crippen molar-refractivity contribution < 1.29 is 9.47 Å². The van der Waals surface area contributed by atoms with Crippen molar-refractivity contribution in [3.05, 3.63) is 28.8 Å². The van der Waals surface area contributed by atoms with Crippen LogP contribution in [-0.2, 0) is 4.74 Å². The third-order valence-corrected chi connectivity index (χ3v) is 3.26. The molecule has 1 aromatic rings. The zero-order valence-corrected chi connectivity index (χ0v) is 12.2. The summed E-state index contributed by atoms with van der Waals surface area (Å²) in [5.74, 6) is 0.973. The molecule has 102 valence electrons. The van der Waals surface area contributed by atoms with Crippen LogP contribution in [0.3, 0.4) is 0 Å². The highest BCUT2D eigenvalue weighted by molar-refractivity contribution is 5.46. The van der Waals surface area contributed by atoms with E-state index in [1.165, 1.54) is 16.7 Å². The number of aryl methyl sites for hydroxylation is 1. The Balaban J connectivity index is 3.06. The molecule has 0 saturated heterocycles. The lowest BCUT2D eigenvalue weighted by atomic mass is 9.99. The summed E-state index contributed by atoms with van der Waals surface area (Å²) in [7, 11) is 3.46. The summed E-state index contributed by atoms with van der Waals surface area (Å²) in [6.07, 6.45) is 1.10. The van der Waals surface area contributed by atoms with Gasteiger partial charge >= 0.3 is 0 Å². The fraction of sp³-hybridized carbons (Fsp3) is 0.600.